The number of carbonyl (C=O) groups is 8. The quantitative estimate of drug-likeness (QED) is 0.0337. The fourth-order valence-corrected chi connectivity index (χ4v) is 16.5. The predicted molar refractivity (Wildman–Crippen MR) is 340 cm³/mol. The molecule has 5 amide bonds. The van der Waals surface area contributed by atoms with E-state index in [0.29, 0.717) is 92.7 Å². The Morgan fingerprint density at radius 2 is 1.56 bits per heavy atom. The van der Waals surface area contributed by atoms with E-state index in [4.69, 9.17) is 19.6 Å². The number of hydrogen-bond donors (Lipinski definition) is 3. The van der Waals surface area contributed by atoms with Crippen LogP contribution in [0.25, 0.3) is 21.3 Å². The molecule has 4 saturated carbocycles. The Labute approximate surface area is 527 Å². The summed E-state index contributed by atoms with van der Waals surface area (Å²) in [5.74, 6) is -2.78. The highest BCUT2D eigenvalue weighted by Crippen LogP contribution is 2.72. The number of para-hydroxylation sites is 1. The van der Waals surface area contributed by atoms with E-state index in [1.165, 1.54) is 33.3 Å². The number of amides is 5. The minimum atomic E-state index is -1.14. The maximum absolute atomic E-state index is 13.8. The van der Waals surface area contributed by atoms with Crippen LogP contribution in [0, 0.1) is 29.1 Å². The number of benzene rings is 3. The van der Waals surface area contributed by atoms with Gasteiger partial charge in [-0.2, -0.15) is 5.10 Å². The second-order valence-corrected chi connectivity index (χ2v) is 27.8. The molecule has 12 rings (SSSR count). The Morgan fingerprint density at radius 1 is 0.822 bits per heavy atom. The van der Waals surface area contributed by atoms with E-state index in [1.54, 1.807) is 51.4 Å². The number of ketones is 2. The van der Waals surface area contributed by atoms with E-state index in [2.05, 4.69) is 29.5 Å². The van der Waals surface area contributed by atoms with Gasteiger partial charge in [-0.1, -0.05) is 87.1 Å². The number of thiazole rings is 1. The number of nitrogens with zero attached hydrogens (tertiary/aromatic N) is 7. The van der Waals surface area contributed by atoms with E-state index in [9.17, 15) is 43.5 Å². The van der Waals surface area contributed by atoms with Crippen LogP contribution in [0.4, 0.5) is 15.7 Å². The summed E-state index contributed by atoms with van der Waals surface area (Å²) < 4.78 is 15.7. The Hall–Kier alpha value is -8.43. The number of unbranched alkanes of at least 4 members (excludes halogenated alkanes) is 2. The number of likely N-dealkylation sites (N-methyl/N-ethyl adjacent to an activating group) is 1. The van der Waals surface area contributed by atoms with Crippen LogP contribution in [0.15, 0.2) is 97.2 Å². The number of pyridine rings is 1. The van der Waals surface area contributed by atoms with Crippen LogP contribution in [0.2, 0.25) is 0 Å². The molecule has 0 spiro atoms. The molecule has 21 heteroatoms. The molecule has 5 heterocycles. The van der Waals surface area contributed by atoms with Crippen molar-refractivity contribution >= 4 is 79.8 Å². The number of carboxylic acids is 1. The summed E-state index contributed by atoms with van der Waals surface area (Å²) in [6.07, 6.45) is 12.5. The smallest absolute Gasteiger partial charge is 0.409 e. The molecule has 90 heavy (non-hydrogen) atoms. The van der Waals surface area contributed by atoms with Crippen molar-refractivity contribution in [2.45, 2.75) is 149 Å². The van der Waals surface area contributed by atoms with Gasteiger partial charge in [-0.05, 0) is 140 Å². The third-order valence-corrected chi connectivity index (χ3v) is 19.9. The molecule has 6 aromatic rings. The van der Waals surface area contributed by atoms with Gasteiger partial charge < -0.3 is 29.7 Å². The number of anilines is 2. The highest BCUT2D eigenvalue weighted by atomic mass is 32.1. The number of fused-ring (bicyclic) bond motifs is 2. The normalized spacial score (nSPS) is 22.2. The summed E-state index contributed by atoms with van der Waals surface area (Å²) in [5, 5.41) is 21.9. The molecule has 3 aromatic heterocycles. The van der Waals surface area contributed by atoms with Gasteiger partial charge in [0.1, 0.15) is 18.2 Å². The van der Waals surface area contributed by atoms with Crippen molar-refractivity contribution in [1.82, 2.24) is 34.9 Å². The fourth-order valence-electron chi connectivity index (χ4n) is 15.7. The van der Waals surface area contributed by atoms with E-state index >= 15 is 0 Å². The molecule has 4 atom stereocenters. The van der Waals surface area contributed by atoms with Gasteiger partial charge in [0.05, 0.1) is 34.7 Å². The highest BCUT2D eigenvalue weighted by Gasteiger charge is 2.66. The summed E-state index contributed by atoms with van der Waals surface area (Å²) in [7, 11) is 1.70. The van der Waals surface area contributed by atoms with Crippen molar-refractivity contribution < 1.29 is 52.9 Å². The average molecular weight is 1240 g/mol. The number of aromatic carboxylic acids is 1. The number of carbonyl (C=O) groups excluding carboxylic acids is 7. The first-order chi connectivity index (χ1) is 43.0. The van der Waals surface area contributed by atoms with Gasteiger partial charge in [-0.15, -0.1) is 0 Å². The van der Waals surface area contributed by atoms with Crippen molar-refractivity contribution in [2.75, 3.05) is 43.5 Å². The van der Waals surface area contributed by atoms with Gasteiger partial charge in [0.2, 0.25) is 5.91 Å². The molecule has 4 aliphatic carbocycles. The number of aromatic nitrogens is 4. The van der Waals surface area contributed by atoms with Crippen molar-refractivity contribution in [2.24, 2.45) is 22.2 Å². The second kappa shape index (κ2) is 25.8. The molecule has 4 bridgehead atoms. The van der Waals surface area contributed by atoms with Gasteiger partial charge in [0.15, 0.2) is 16.6 Å². The van der Waals surface area contributed by atoms with Crippen molar-refractivity contribution in [1.29, 1.82) is 0 Å². The van der Waals surface area contributed by atoms with E-state index < -0.39 is 29.6 Å². The van der Waals surface area contributed by atoms with Gasteiger partial charge in [-0.3, -0.25) is 43.7 Å². The van der Waals surface area contributed by atoms with Gasteiger partial charge >= 0.3 is 12.1 Å². The Kier molecular flexibility index (Phi) is 18.1. The first kappa shape index (κ1) is 63.1. The largest absolute Gasteiger partial charge is 0.476 e. The molecular weight excluding hydrogens is 1160 g/mol. The molecular formula is C69H79N9O11S. The lowest BCUT2D eigenvalue weighted by Crippen LogP contribution is -2.64. The third-order valence-electron chi connectivity index (χ3n) is 18.9. The number of Topliss-reactive ketones (excluding diaryl/α,β-unsaturated/α-hetero) is 2. The van der Waals surface area contributed by atoms with E-state index in [1.807, 2.05) is 71.1 Å². The maximum atomic E-state index is 13.8. The van der Waals surface area contributed by atoms with Crippen LogP contribution in [0.5, 0.6) is 0 Å². The Morgan fingerprint density at radius 3 is 2.29 bits per heavy atom. The summed E-state index contributed by atoms with van der Waals surface area (Å²) in [4.78, 5) is 116. The summed E-state index contributed by atoms with van der Waals surface area (Å²) in [6, 6.07) is 23.6. The van der Waals surface area contributed by atoms with Crippen molar-refractivity contribution in [3.63, 3.8) is 0 Å². The zero-order chi connectivity index (χ0) is 63.7. The lowest BCUT2D eigenvalue weighted by Gasteiger charge is -2.69. The summed E-state index contributed by atoms with van der Waals surface area (Å²) >= 11 is 1.42. The third kappa shape index (κ3) is 14.0. The maximum Gasteiger partial charge on any atom is 0.409 e. The van der Waals surface area contributed by atoms with Crippen LogP contribution < -0.4 is 15.5 Å². The molecule has 20 nitrogen and oxygen atoms in total. The van der Waals surface area contributed by atoms with Crippen LogP contribution in [-0.4, -0.2) is 127 Å². The van der Waals surface area contributed by atoms with Gasteiger partial charge in [0, 0.05) is 99.5 Å². The molecule has 0 saturated heterocycles. The molecule has 2 aliphatic heterocycles. The SMILES string of the molecule is Cc1c(-c2ccc(N3CCc4cccc(C(=O)Nc5nc6ccccc6s5)c4C3)nc2C(=O)O)cnn1CC12CC3(C)CC(C)(C1)CC(OCCN(C)C(=O)OCc1ccc(CC(=O)[C@H](C)NC(=O)[C@H](C)CC(=O)CCCCCN4C(=O)C=CC4=O)cc1)(C3)C2. The zero-order valence-corrected chi connectivity index (χ0v) is 52.9. The van der Waals surface area contributed by atoms with Crippen LogP contribution >= 0.6 is 11.3 Å². The molecule has 3 N–H and O–H groups in total. The molecule has 3 aromatic carbocycles. The number of rotatable bonds is 26. The van der Waals surface area contributed by atoms with Crippen LogP contribution in [0.1, 0.15) is 147 Å². The average Bonchev–Trinajstić information content (AvgIpc) is 0.713. The lowest BCUT2D eigenvalue weighted by molar-refractivity contribution is -0.248. The fraction of sp³-hybridized carbons (Fsp3) is 0.464. The van der Waals surface area contributed by atoms with E-state index in [-0.39, 0.29) is 83.0 Å². The second-order valence-electron chi connectivity index (χ2n) is 26.7. The zero-order valence-electron chi connectivity index (χ0n) is 52.1. The number of nitrogens with one attached hydrogen (secondary N) is 2. The molecule has 2 unspecified atom stereocenters. The Balaban J connectivity index is 0.645. The number of ether oxygens (including phenoxy) is 2. The number of hydrogen-bond acceptors (Lipinski definition) is 15. The molecule has 4 fully saturated rings. The number of carboxylic acid groups (broad SMARTS) is 1. The van der Waals surface area contributed by atoms with Crippen LogP contribution in [0.3, 0.4) is 0 Å². The topological polar surface area (TPSA) is 253 Å². The first-order valence-electron chi connectivity index (χ1n) is 31.3. The Bertz CT molecular complexity index is 3770. The predicted octanol–water partition coefficient (Wildman–Crippen LogP) is 10.5. The van der Waals surface area contributed by atoms with E-state index in [0.717, 1.165) is 76.7 Å². The first-order valence-corrected chi connectivity index (χ1v) is 32.1. The summed E-state index contributed by atoms with van der Waals surface area (Å²) in [6.45, 7) is 12.7. The van der Waals surface area contributed by atoms with Gasteiger partial charge in [-0.25, -0.2) is 19.6 Å². The lowest BCUT2D eigenvalue weighted by atomic mass is 9.39. The van der Waals surface area contributed by atoms with Gasteiger partial charge in [0.25, 0.3) is 17.7 Å². The molecule has 6 aliphatic rings. The minimum Gasteiger partial charge on any atom is -0.476 e. The summed E-state index contributed by atoms with van der Waals surface area (Å²) in [5.41, 5.74) is 6.30. The minimum absolute atomic E-state index is 0.0297. The standard InChI is InChI=1S/C69H79N9O11S/c1-43(31-49(79)14-8-7-11-27-77-58(81)24-25-59(77)82)61(83)71-44(2)55(80)32-46-18-20-47(21-19-46)35-88-65(87)75(6)29-30-89-69-39-66(4)36-67(5,40-69)38-68(37-66,41-69)42-78-45(3)52(33-70-78)50-22-23-57(73-60(50)63(85)86)76-28-26-48-13-12-15-51(53(48)34-76)62(84)74-64-72-54-16-9-10-17-56(54)90-64/h9-10,12-13,15-25,33,43-44H,7-8,11,14,26-32,34-42H2,1-6H3,(H,71,83)(H,85,86)(H,72,74,84)/t43-,44+,66?,67?,68?,69?/m1/s1. The monoisotopic (exact) mass is 1240 g/mol. The van der Waals surface area contributed by atoms with Crippen LogP contribution in [-0.2, 0) is 66.0 Å². The number of imide groups is 1. The molecule has 0 radical (unpaired) electrons. The highest BCUT2D eigenvalue weighted by molar-refractivity contribution is 7.22. The molecule has 472 valence electrons. The van der Waals surface area contributed by atoms with Crippen molar-refractivity contribution in [3.8, 4) is 11.1 Å². The van der Waals surface area contributed by atoms with Crippen molar-refractivity contribution in [3.05, 3.63) is 136 Å².